The third-order valence-electron chi connectivity index (χ3n) is 12.9. The highest BCUT2D eigenvalue weighted by atomic mass is 16.4. The van der Waals surface area contributed by atoms with Crippen molar-refractivity contribution in [2.75, 3.05) is 32.7 Å². The third-order valence-corrected chi connectivity index (χ3v) is 12.9. The minimum Gasteiger partial charge on any atom is -0.508 e. The molecule has 66 heavy (non-hydrogen) atoms. The number of phenolic OH excluding ortho intramolecular Hbond substituents is 2. The molecule has 1 saturated heterocycles. The normalized spacial score (nSPS) is 14.3. The lowest BCUT2D eigenvalue weighted by Gasteiger charge is -2.40. The number of rotatable bonds is 22. The Kier molecular flexibility index (Phi) is 16.6. The average Bonchev–Trinajstić information content (AvgIpc) is 3.31. The number of benzene rings is 5. The Labute approximate surface area is 386 Å². The number of aromatic hydroxyl groups is 2. The molecule has 4 aromatic rings. The van der Waals surface area contributed by atoms with Crippen LogP contribution < -0.4 is 21.4 Å². The molecular formula is C54H62N4O8. The Morgan fingerprint density at radius 1 is 0.727 bits per heavy atom. The number of phenols is 2. The van der Waals surface area contributed by atoms with E-state index in [1.165, 1.54) is 54.3 Å². The van der Waals surface area contributed by atoms with Gasteiger partial charge in [-0.2, -0.15) is 0 Å². The molecule has 2 heterocycles. The maximum absolute atomic E-state index is 13.1. The molecule has 2 atom stereocenters. The summed E-state index contributed by atoms with van der Waals surface area (Å²) in [5, 5.41) is 40.6. The number of piperidine rings is 1. The fourth-order valence-corrected chi connectivity index (χ4v) is 9.27. The zero-order chi connectivity index (χ0) is 46.4. The summed E-state index contributed by atoms with van der Waals surface area (Å²) in [6.45, 7) is 6.39. The molecule has 0 spiro atoms. The molecular weight excluding hydrogens is 833 g/mol. The lowest BCUT2D eigenvalue weighted by atomic mass is 9.88. The standard InChI is InChI=1S/C54H62N4O8/c1-36(58-30-25-38(26-31-58)32-37-12-6-4-7-13-37)52(39-15-18-41(59)19-16-39)56-28-10-3-2-9-27-55-50(62)14-8-5-11-29-57-53(63)40-17-22-44(47(33-40)54(64)65)51-45-23-20-42(60)34-48(45)66-49-35-43(61)21-24-46(49)51/h4,6-7,12-13,15-24,33-36,38,52,56,59-60H,2-3,5,8-11,14,25-32H2,1H3,(H,55,62)(H,57,63)(H,64,65)/t36-,52+/m1/s1. The van der Waals surface area contributed by atoms with Gasteiger partial charge in [-0.05, 0) is 143 Å². The summed E-state index contributed by atoms with van der Waals surface area (Å²) in [5.41, 5.74) is 4.06. The topological polar surface area (TPSA) is 181 Å². The number of unbranched alkanes of at least 4 members (excludes halogenated alkanes) is 5. The van der Waals surface area contributed by atoms with Crippen LogP contribution in [0.4, 0.5) is 0 Å². The highest BCUT2D eigenvalue weighted by Crippen LogP contribution is 2.42. The van der Waals surface area contributed by atoms with Crippen LogP contribution in [0.15, 0.2) is 118 Å². The fraction of sp³-hybridized carbons (Fsp3) is 0.370. The van der Waals surface area contributed by atoms with Crippen molar-refractivity contribution in [3.63, 3.8) is 0 Å². The number of hydrogen-bond donors (Lipinski definition) is 6. The van der Waals surface area contributed by atoms with Gasteiger partial charge >= 0.3 is 5.97 Å². The molecule has 0 radical (unpaired) electrons. The molecule has 346 valence electrons. The van der Waals surface area contributed by atoms with E-state index in [0.29, 0.717) is 66.4 Å². The van der Waals surface area contributed by atoms with Crippen LogP contribution in [0, 0.1) is 5.92 Å². The molecule has 6 N–H and O–H groups in total. The Morgan fingerprint density at radius 3 is 2.15 bits per heavy atom. The molecule has 0 bridgehead atoms. The number of hydrogen-bond acceptors (Lipinski definition) is 9. The van der Waals surface area contributed by atoms with Gasteiger partial charge in [-0.1, -0.05) is 67.8 Å². The zero-order valence-electron chi connectivity index (χ0n) is 37.8. The van der Waals surface area contributed by atoms with Crippen LogP contribution in [0.3, 0.4) is 0 Å². The van der Waals surface area contributed by atoms with E-state index < -0.39 is 11.9 Å². The van der Waals surface area contributed by atoms with Gasteiger partial charge in [0.1, 0.15) is 22.8 Å². The monoisotopic (exact) mass is 894 g/mol. The molecule has 0 saturated carbocycles. The summed E-state index contributed by atoms with van der Waals surface area (Å²) in [6, 6.07) is 32.1. The minimum absolute atomic E-state index is 0.0229. The summed E-state index contributed by atoms with van der Waals surface area (Å²) >= 11 is 0. The Bertz CT molecular complexity index is 2590. The van der Waals surface area contributed by atoms with Gasteiger partial charge in [-0.25, -0.2) is 4.79 Å². The van der Waals surface area contributed by atoms with Crippen LogP contribution in [0.2, 0.25) is 0 Å². The number of amides is 2. The molecule has 1 aliphatic carbocycles. The van der Waals surface area contributed by atoms with Gasteiger partial charge < -0.3 is 35.7 Å². The Hall–Kier alpha value is -6.50. The quantitative estimate of drug-likeness (QED) is 0.0284. The highest BCUT2D eigenvalue weighted by molar-refractivity contribution is 6.09. The van der Waals surface area contributed by atoms with Crippen molar-refractivity contribution in [1.29, 1.82) is 0 Å². The number of nitrogens with one attached hydrogen (secondary N) is 3. The summed E-state index contributed by atoms with van der Waals surface area (Å²) in [5.74, 6) is -0.430. The smallest absolute Gasteiger partial charge is 0.336 e. The van der Waals surface area contributed by atoms with Gasteiger partial charge in [0.25, 0.3) is 5.91 Å². The Morgan fingerprint density at radius 2 is 1.41 bits per heavy atom. The first-order valence-electron chi connectivity index (χ1n) is 23.5. The van der Waals surface area contributed by atoms with E-state index in [1.54, 1.807) is 36.4 Å². The maximum Gasteiger partial charge on any atom is 0.336 e. The van der Waals surface area contributed by atoms with Gasteiger partial charge in [0.15, 0.2) is 5.43 Å². The average molecular weight is 895 g/mol. The summed E-state index contributed by atoms with van der Waals surface area (Å²) in [7, 11) is 0. The van der Waals surface area contributed by atoms with E-state index >= 15 is 0 Å². The lowest BCUT2D eigenvalue weighted by molar-refractivity contribution is -0.121. The van der Waals surface area contributed by atoms with Gasteiger partial charge in [0.05, 0.1) is 5.56 Å². The van der Waals surface area contributed by atoms with E-state index in [-0.39, 0.29) is 51.3 Å². The SMILES string of the molecule is C[C@H]([C@H](NCCCCCCNC(=O)CCCCCNC(=O)c1ccc(-c2c3ccc(=O)cc-3oc3cc(O)ccc23)c(C(=O)O)c1)c1ccc(O)cc1)N1CCC(Cc2ccccc2)CC1. The van der Waals surface area contributed by atoms with Crippen molar-refractivity contribution in [2.45, 2.75) is 89.6 Å². The van der Waals surface area contributed by atoms with Crippen molar-refractivity contribution < 1.29 is 34.1 Å². The molecule has 1 fully saturated rings. The molecule has 12 heteroatoms. The number of carboxylic acid groups (broad SMARTS) is 1. The molecule has 3 aliphatic rings. The van der Waals surface area contributed by atoms with Gasteiger partial charge in [0, 0.05) is 65.8 Å². The van der Waals surface area contributed by atoms with Gasteiger partial charge in [-0.15, -0.1) is 0 Å². The summed E-state index contributed by atoms with van der Waals surface area (Å²) in [4.78, 5) is 53.0. The van der Waals surface area contributed by atoms with Crippen LogP contribution in [0.25, 0.3) is 33.4 Å². The summed E-state index contributed by atoms with van der Waals surface area (Å²) < 4.78 is 5.90. The second-order valence-corrected chi connectivity index (χ2v) is 17.6. The molecule has 12 nitrogen and oxygen atoms in total. The predicted octanol–water partition coefficient (Wildman–Crippen LogP) is 9.32. The number of nitrogens with zero attached hydrogens (tertiary/aromatic N) is 1. The largest absolute Gasteiger partial charge is 0.508 e. The summed E-state index contributed by atoms with van der Waals surface area (Å²) in [6.07, 6.45) is 10.1. The molecule has 0 aromatic heterocycles. The van der Waals surface area contributed by atoms with Crippen LogP contribution in [0.1, 0.15) is 109 Å². The first kappa shape index (κ1) is 47.5. The van der Waals surface area contributed by atoms with E-state index in [4.69, 9.17) is 4.42 Å². The van der Waals surface area contributed by atoms with Crippen LogP contribution >= 0.6 is 0 Å². The first-order chi connectivity index (χ1) is 32.0. The van der Waals surface area contributed by atoms with E-state index in [1.807, 2.05) is 12.1 Å². The number of fused-ring (bicyclic) bond motifs is 2. The van der Waals surface area contributed by atoms with Gasteiger partial charge in [0.2, 0.25) is 5.91 Å². The number of likely N-dealkylation sites (tertiary alicyclic amines) is 1. The van der Waals surface area contributed by atoms with Gasteiger partial charge in [-0.3, -0.25) is 19.3 Å². The van der Waals surface area contributed by atoms with Crippen LogP contribution in [0.5, 0.6) is 11.5 Å². The van der Waals surface area contributed by atoms with E-state index in [2.05, 4.69) is 58.1 Å². The first-order valence-corrected chi connectivity index (χ1v) is 23.5. The van der Waals surface area contributed by atoms with Crippen molar-refractivity contribution in [1.82, 2.24) is 20.9 Å². The lowest BCUT2D eigenvalue weighted by Crippen LogP contribution is -2.47. The van der Waals surface area contributed by atoms with Crippen molar-refractivity contribution >= 4 is 28.8 Å². The Balaban J connectivity index is 0.782. The third kappa shape index (κ3) is 12.6. The van der Waals surface area contributed by atoms with Crippen LogP contribution in [-0.4, -0.2) is 76.8 Å². The maximum atomic E-state index is 13.1. The molecule has 0 unspecified atom stereocenters. The molecule has 2 amide bonds. The van der Waals surface area contributed by atoms with E-state index in [0.717, 1.165) is 58.2 Å². The number of aromatic carboxylic acids is 1. The molecule has 4 aromatic carbocycles. The van der Waals surface area contributed by atoms with Crippen molar-refractivity contribution in [3.05, 3.63) is 142 Å². The van der Waals surface area contributed by atoms with Crippen LogP contribution in [-0.2, 0) is 11.2 Å². The van der Waals surface area contributed by atoms with Crippen molar-refractivity contribution in [2.24, 2.45) is 5.92 Å². The predicted molar refractivity (Wildman–Crippen MR) is 258 cm³/mol. The number of carbonyl (C=O) groups is 3. The second kappa shape index (κ2) is 23.1. The van der Waals surface area contributed by atoms with Crippen molar-refractivity contribution in [3.8, 4) is 33.9 Å². The molecule has 7 rings (SSSR count). The fourth-order valence-electron chi connectivity index (χ4n) is 9.27. The van der Waals surface area contributed by atoms with E-state index in [9.17, 15) is 34.5 Å². The number of carboxylic acids is 1. The second-order valence-electron chi connectivity index (χ2n) is 17.6. The molecule has 2 aliphatic heterocycles. The zero-order valence-corrected chi connectivity index (χ0v) is 37.8. The minimum atomic E-state index is -1.23. The number of carbonyl (C=O) groups excluding carboxylic acids is 2. The highest BCUT2D eigenvalue weighted by Gasteiger charge is 2.29.